The number of carbonyl (C=O) groups excluding carboxylic acids is 1. The SMILES string of the molecule is Cc1ccc(N)c(C(=O)O)c1.Cc1ccc2nc3c(c(Cl)c2c1)CN(Cc1ccccc1)CC3.O=C1CCN(Cc2ccccc2)CC1. The second kappa shape index (κ2) is 16.5. The maximum absolute atomic E-state index is 11.0. The Morgan fingerprint density at radius 1 is 0.792 bits per heavy atom. The fraction of sp³-hybridized carbons (Fsp3) is 0.275. The number of carboxylic acids is 1. The second-order valence-corrected chi connectivity index (χ2v) is 12.9. The Bertz CT molecular complexity index is 1850. The summed E-state index contributed by atoms with van der Waals surface area (Å²) in [6.45, 7) is 9.61. The Balaban J connectivity index is 0.000000154. The molecule has 0 atom stereocenters. The summed E-state index contributed by atoms with van der Waals surface area (Å²) in [6.07, 6.45) is 2.42. The van der Waals surface area contributed by atoms with Crippen molar-refractivity contribution in [2.75, 3.05) is 25.4 Å². The number of carboxylic acid groups (broad SMARTS) is 1. The van der Waals surface area contributed by atoms with Crippen LogP contribution >= 0.6 is 11.6 Å². The Hall–Kier alpha value is -4.56. The molecule has 7 nitrogen and oxygen atoms in total. The number of fused-ring (bicyclic) bond motifs is 2. The van der Waals surface area contributed by atoms with Crippen molar-refractivity contribution in [3.8, 4) is 0 Å². The third kappa shape index (κ3) is 9.50. The number of piperidine rings is 1. The average molecular weight is 663 g/mol. The fourth-order valence-electron chi connectivity index (χ4n) is 5.99. The van der Waals surface area contributed by atoms with Crippen LogP contribution in [0.1, 0.15) is 56.7 Å². The van der Waals surface area contributed by atoms with Crippen molar-refractivity contribution in [2.45, 2.75) is 52.7 Å². The molecule has 2 aliphatic heterocycles. The normalized spacial score (nSPS) is 14.7. The standard InChI is InChI=1S/C20H19ClN2.C12H15NO.C8H9NO2/c1-14-7-8-18-16(11-14)20(21)17-13-23(10-9-19(17)22-18)12-15-5-3-2-4-6-15;14-12-6-8-13(9-7-12)10-11-4-2-1-3-5-11;1-5-2-3-7(9)6(4-5)8(10)11/h2-8,11H,9-10,12-13H2,1H3;1-5H,6-10H2;2-4H,9H2,1H3,(H,10,11). The van der Waals surface area contributed by atoms with Crippen molar-refractivity contribution >= 4 is 39.9 Å². The molecule has 1 saturated heterocycles. The lowest BCUT2D eigenvalue weighted by Crippen LogP contribution is -2.33. The van der Waals surface area contributed by atoms with E-state index < -0.39 is 5.97 Å². The van der Waals surface area contributed by atoms with Crippen LogP contribution in [0.5, 0.6) is 0 Å². The highest BCUT2D eigenvalue weighted by Crippen LogP contribution is 2.32. The lowest BCUT2D eigenvalue weighted by Gasteiger charge is -2.29. The number of hydrogen-bond donors (Lipinski definition) is 2. The van der Waals surface area contributed by atoms with E-state index in [9.17, 15) is 9.59 Å². The van der Waals surface area contributed by atoms with Gasteiger partial charge in [0.1, 0.15) is 5.78 Å². The molecule has 0 unspecified atom stereocenters. The first kappa shape index (κ1) is 34.8. The molecule has 8 heteroatoms. The summed E-state index contributed by atoms with van der Waals surface area (Å²) >= 11 is 6.73. The number of likely N-dealkylation sites (tertiary alicyclic amines) is 1. The van der Waals surface area contributed by atoms with Crippen LogP contribution in [0.4, 0.5) is 5.69 Å². The number of pyridine rings is 1. The molecule has 3 N–H and O–H groups in total. The van der Waals surface area contributed by atoms with Crippen LogP contribution in [0.15, 0.2) is 97.1 Å². The van der Waals surface area contributed by atoms with Crippen LogP contribution in [0.3, 0.4) is 0 Å². The molecule has 0 amide bonds. The Kier molecular flexibility index (Phi) is 12.0. The molecular weight excluding hydrogens is 620 g/mol. The molecule has 0 saturated carbocycles. The number of ketones is 1. The summed E-state index contributed by atoms with van der Waals surface area (Å²) in [5, 5.41) is 10.6. The first-order valence-electron chi connectivity index (χ1n) is 16.4. The molecule has 1 fully saturated rings. The minimum atomic E-state index is -0.980. The monoisotopic (exact) mass is 662 g/mol. The lowest BCUT2D eigenvalue weighted by atomic mass is 10.0. The minimum Gasteiger partial charge on any atom is -0.478 e. The van der Waals surface area contributed by atoms with Gasteiger partial charge in [-0.3, -0.25) is 19.6 Å². The third-order valence-electron chi connectivity index (χ3n) is 8.65. The summed E-state index contributed by atoms with van der Waals surface area (Å²) in [4.78, 5) is 31.2. The molecule has 4 aromatic carbocycles. The summed E-state index contributed by atoms with van der Waals surface area (Å²) in [5.41, 5.74) is 14.1. The van der Waals surface area contributed by atoms with Gasteiger partial charge in [0.05, 0.1) is 16.1 Å². The van der Waals surface area contributed by atoms with Crippen molar-refractivity contribution in [3.63, 3.8) is 0 Å². The van der Waals surface area contributed by atoms with Gasteiger partial charge in [-0.2, -0.15) is 0 Å². The number of aryl methyl sites for hydroxylation is 2. The maximum atomic E-state index is 11.0. The predicted octanol–water partition coefficient (Wildman–Crippen LogP) is 7.88. The van der Waals surface area contributed by atoms with E-state index in [1.165, 1.54) is 22.3 Å². The van der Waals surface area contributed by atoms with E-state index in [0.717, 1.165) is 85.7 Å². The fourth-order valence-corrected chi connectivity index (χ4v) is 6.31. The summed E-state index contributed by atoms with van der Waals surface area (Å²) in [7, 11) is 0. The lowest BCUT2D eigenvalue weighted by molar-refractivity contribution is -0.121. The average Bonchev–Trinajstić information content (AvgIpc) is 3.09. The van der Waals surface area contributed by atoms with Gasteiger partial charge in [-0.15, -0.1) is 0 Å². The zero-order valence-corrected chi connectivity index (χ0v) is 28.4. The van der Waals surface area contributed by atoms with Crippen molar-refractivity contribution in [1.82, 2.24) is 14.8 Å². The van der Waals surface area contributed by atoms with E-state index in [0.29, 0.717) is 11.5 Å². The Morgan fingerprint density at radius 3 is 1.96 bits per heavy atom. The second-order valence-electron chi connectivity index (χ2n) is 12.5. The summed E-state index contributed by atoms with van der Waals surface area (Å²) in [6, 6.07) is 32.3. The molecule has 0 bridgehead atoms. The van der Waals surface area contributed by atoms with E-state index in [1.807, 2.05) is 13.0 Å². The summed E-state index contributed by atoms with van der Waals surface area (Å²) in [5.74, 6) is -0.569. The van der Waals surface area contributed by atoms with Gasteiger partial charge < -0.3 is 10.8 Å². The van der Waals surface area contributed by atoms with Crippen LogP contribution < -0.4 is 5.73 Å². The molecule has 0 aliphatic carbocycles. The van der Waals surface area contributed by atoms with Gasteiger partial charge in [0, 0.05) is 80.9 Å². The number of anilines is 1. The van der Waals surface area contributed by atoms with Gasteiger partial charge >= 0.3 is 5.97 Å². The number of hydrogen-bond acceptors (Lipinski definition) is 6. The van der Waals surface area contributed by atoms with E-state index in [-0.39, 0.29) is 5.56 Å². The topological polar surface area (TPSA) is 99.8 Å². The number of Topliss-reactive ketones (excluding diaryl/α,β-unsaturated/α-hetero) is 1. The highest BCUT2D eigenvalue weighted by atomic mass is 35.5. The smallest absolute Gasteiger partial charge is 0.337 e. The zero-order valence-electron chi connectivity index (χ0n) is 27.7. The largest absolute Gasteiger partial charge is 0.478 e. The van der Waals surface area contributed by atoms with E-state index >= 15 is 0 Å². The molecule has 1 aromatic heterocycles. The molecule has 248 valence electrons. The van der Waals surface area contributed by atoms with Gasteiger partial charge in [0.15, 0.2) is 0 Å². The molecule has 0 spiro atoms. The molecule has 3 heterocycles. The molecule has 5 aromatic rings. The van der Waals surface area contributed by atoms with Crippen LogP contribution in [0, 0.1) is 13.8 Å². The molecule has 0 radical (unpaired) electrons. The van der Waals surface area contributed by atoms with Crippen LogP contribution in [-0.2, 0) is 30.8 Å². The number of nitrogens with two attached hydrogens (primary N) is 1. The molecular formula is C40H43ClN4O3. The van der Waals surface area contributed by atoms with Crippen LogP contribution in [-0.4, -0.2) is 51.3 Å². The highest BCUT2D eigenvalue weighted by Gasteiger charge is 2.22. The van der Waals surface area contributed by atoms with E-state index in [2.05, 4.69) is 89.5 Å². The Morgan fingerprint density at radius 2 is 1.35 bits per heavy atom. The van der Waals surface area contributed by atoms with Gasteiger partial charge in [0.25, 0.3) is 0 Å². The number of halogens is 1. The third-order valence-corrected chi connectivity index (χ3v) is 9.09. The molecule has 7 rings (SSSR count). The van der Waals surface area contributed by atoms with E-state index in [4.69, 9.17) is 27.4 Å². The quantitative estimate of drug-likeness (QED) is 0.185. The van der Waals surface area contributed by atoms with Crippen LogP contribution in [0.2, 0.25) is 5.02 Å². The van der Waals surface area contributed by atoms with Gasteiger partial charge in [0.2, 0.25) is 0 Å². The predicted molar refractivity (Wildman–Crippen MR) is 194 cm³/mol. The maximum Gasteiger partial charge on any atom is 0.337 e. The number of aromatic nitrogens is 1. The minimum absolute atomic E-state index is 0.171. The van der Waals surface area contributed by atoms with Crippen molar-refractivity contribution < 1.29 is 14.7 Å². The summed E-state index contributed by atoms with van der Waals surface area (Å²) < 4.78 is 0. The zero-order chi connectivity index (χ0) is 34.0. The first-order valence-corrected chi connectivity index (χ1v) is 16.8. The Labute approximate surface area is 288 Å². The number of nitrogens with zero attached hydrogens (tertiary/aromatic N) is 3. The first-order chi connectivity index (χ1) is 23.2. The van der Waals surface area contributed by atoms with Gasteiger partial charge in [-0.05, 0) is 49.2 Å². The van der Waals surface area contributed by atoms with Crippen molar-refractivity contribution in [2.24, 2.45) is 0 Å². The van der Waals surface area contributed by atoms with Crippen LogP contribution in [0.25, 0.3) is 10.9 Å². The highest BCUT2D eigenvalue weighted by molar-refractivity contribution is 6.36. The number of benzene rings is 4. The molecule has 48 heavy (non-hydrogen) atoms. The van der Waals surface area contributed by atoms with Crippen molar-refractivity contribution in [1.29, 1.82) is 0 Å². The van der Waals surface area contributed by atoms with Gasteiger partial charge in [-0.25, -0.2) is 4.79 Å². The van der Waals surface area contributed by atoms with E-state index in [1.54, 1.807) is 18.2 Å². The number of nitrogen functional groups attached to an aromatic ring is 1. The number of rotatable bonds is 5. The number of aromatic carboxylic acids is 1. The molecule has 2 aliphatic rings. The van der Waals surface area contributed by atoms with Crippen molar-refractivity contribution in [3.05, 3.63) is 141 Å². The number of carbonyl (C=O) groups is 2. The van der Waals surface area contributed by atoms with Gasteiger partial charge in [-0.1, -0.05) is 95.5 Å².